The molecule has 254 valence electrons. The van der Waals surface area contributed by atoms with Gasteiger partial charge in [-0.2, -0.15) is 18.3 Å². The van der Waals surface area contributed by atoms with Gasteiger partial charge in [0.1, 0.15) is 11.6 Å². The van der Waals surface area contributed by atoms with E-state index in [1.165, 1.54) is 16.8 Å². The van der Waals surface area contributed by atoms with Gasteiger partial charge in [0.25, 0.3) is 0 Å². The Kier molecular flexibility index (Phi) is 2.66. The minimum atomic E-state index is -4.69. The summed E-state index contributed by atoms with van der Waals surface area (Å²) in [7, 11) is 0. The number of hydrogen-bond acceptors (Lipinski definition) is 6. The number of hydrogen-bond donors (Lipinski definition) is 2. The highest BCUT2D eigenvalue weighted by atomic mass is 19.4. The minimum absolute atomic E-state index is 0. The lowest BCUT2D eigenvalue weighted by Crippen LogP contribution is -2.44. The number of fused-ring (bicyclic) bond motifs is 1. The van der Waals surface area contributed by atoms with Crippen LogP contribution in [-0.2, 0) is 10.9 Å². The third-order valence-electron chi connectivity index (χ3n) is 7.58. The zero-order valence-corrected chi connectivity index (χ0v) is 21.6. The molecule has 2 aliphatic heterocycles. The van der Waals surface area contributed by atoms with Crippen LogP contribution in [0.3, 0.4) is 0 Å². The summed E-state index contributed by atoms with van der Waals surface area (Å²) in [6.45, 7) is 6.48. The van der Waals surface area contributed by atoms with Gasteiger partial charge < -0.3 is 19.9 Å². The van der Waals surface area contributed by atoms with E-state index in [0.29, 0.717) is 73.7 Å². The maximum absolute atomic E-state index is 14.6. The fourth-order valence-electron chi connectivity index (χ4n) is 5.64. The molecule has 2 aliphatic rings. The molecule has 0 amide bonds. The van der Waals surface area contributed by atoms with E-state index in [1.807, 2.05) is 11.8 Å². The average Bonchev–Trinajstić information content (AvgIpc) is 4.27. The van der Waals surface area contributed by atoms with E-state index in [1.54, 1.807) is 25.3 Å². The summed E-state index contributed by atoms with van der Waals surface area (Å²) < 4.78 is 295. The third-order valence-corrected chi connectivity index (χ3v) is 7.58. The molecule has 4 aromatic rings. The minimum Gasteiger partial charge on any atom is -0.377 e. The molecule has 3 aromatic heterocycles. The summed E-state index contributed by atoms with van der Waals surface area (Å²) in [5.74, 6) is 0.106. The second kappa shape index (κ2) is 9.91. The zero-order chi connectivity index (χ0) is 73.3. The van der Waals surface area contributed by atoms with Gasteiger partial charge in [-0.1, -0.05) is 0 Å². The van der Waals surface area contributed by atoms with Crippen molar-refractivity contribution in [1.82, 2.24) is 30.0 Å². The van der Waals surface area contributed by atoms with E-state index in [4.69, 9.17) is 78.0 Å². The first-order valence-corrected chi connectivity index (χ1v) is 13.1. The van der Waals surface area contributed by atoms with Crippen molar-refractivity contribution in [3.63, 3.8) is 0 Å². The number of piperidine rings is 1. The average molecular weight is 639 g/mol. The molecule has 39 heavy (non-hydrogen) atoms. The number of nitrogens with zero attached hydrogens (tertiary/aromatic N) is 5. The van der Waals surface area contributed by atoms with Crippen molar-refractivity contribution in [2.75, 3.05) is 37.7 Å². The number of rotatable bonds is 4. The van der Waals surface area contributed by atoms with E-state index < -0.39 is 17.7 Å². The number of benzene rings is 1. The first-order valence-electron chi connectivity index (χ1n) is 36.1. The molecule has 1 atom stereocenters. The monoisotopic (exact) mass is 639 g/mol. The molecule has 12 heteroatoms. The number of nitrogens with one attached hydrogen (secondary N) is 2. The van der Waals surface area contributed by atoms with Crippen LogP contribution in [0.1, 0.15) is 107 Å². The van der Waals surface area contributed by atoms with Crippen LogP contribution in [0.5, 0.6) is 0 Å². The number of H-pyrrole nitrogens is 1. The highest BCUT2D eigenvalue weighted by Crippen LogP contribution is 2.41. The first kappa shape index (κ1) is 10.5. The molecule has 8 nitrogen and oxygen atoms in total. The van der Waals surface area contributed by atoms with Crippen LogP contribution in [-0.4, -0.2) is 63.6 Å². The van der Waals surface area contributed by atoms with E-state index >= 15 is 0 Å². The highest BCUT2D eigenvalue weighted by Gasteiger charge is 2.41. The predicted octanol–water partition coefficient (Wildman–Crippen LogP) is 11.0. The number of aromatic nitrogens is 5. The molecule has 5 heterocycles. The van der Waals surface area contributed by atoms with Gasteiger partial charge in [0.15, 0.2) is 11.5 Å². The molecule has 2 fully saturated rings. The molecule has 2 saturated heterocycles. The van der Waals surface area contributed by atoms with E-state index in [2.05, 4.69) is 20.4 Å². The Hall–Kier alpha value is -3.51. The van der Waals surface area contributed by atoms with Crippen molar-refractivity contribution >= 4 is 16.7 Å². The number of ether oxygens (including phenoxy) is 1. The second-order valence-corrected chi connectivity index (χ2v) is 10.2. The summed E-state index contributed by atoms with van der Waals surface area (Å²) in [6, 6.07) is 5.84. The molecule has 0 spiro atoms. The number of alkyl halides is 3. The standard InChI is InChI=1S/C27H29F4N7O.24H2/c1-15-14-39-10-9-37(15)23-13-22(34-26(35-23)20-11-17(28)12-21-19(20)5-8-33-21)24-16(2)38(18-3-6-32-7-4-18)36-25(24)27(29,30)31;;;;;;;;;;;;;;;;;;;;;;;;/h5,8,11-13,15,18,32-33H,3-4,6-7,9-10,14H2,1-2H3;24*1H/t15-;;;;;;;;;;;;;;;;;;;;;;;;/m1......................../s1/i;23*1+1D;1+1. The zero-order valence-electron chi connectivity index (χ0n) is 67.6. The molecular weight excluding hydrogens is 514 g/mol. The molecule has 0 unspecified atom stereocenters. The second-order valence-electron chi connectivity index (χ2n) is 10.2. The summed E-state index contributed by atoms with van der Waals surface area (Å²) in [6.07, 6.45) is -1.65. The van der Waals surface area contributed by atoms with Crippen LogP contribution in [0.2, 0.25) is 0 Å². The summed E-state index contributed by atoms with van der Waals surface area (Å²) in [5.41, 5.74) is 0.389. The van der Waals surface area contributed by atoms with Gasteiger partial charge in [-0.05, 0) is 58.0 Å². The van der Waals surface area contributed by atoms with Gasteiger partial charge in [0, 0.05) is 111 Å². The fourth-order valence-corrected chi connectivity index (χ4v) is 5.64. The lowest BCUT2D eigenvalue weighted by molar-refractivity contribution is -0.141. The Balaban J connectivity index is -0.0000000477. The molecule has 0 radical (unpaired) electrons. The van der Waals surface area contributed by atoms with Crippen LogP contribution in [0.25, 0.3) is 33.5 Å². The highest BCUT2D eigenvalue weighted by molar-refractivity contribution is 5.94. The maximum atomic E-state index is 14.6. The van der Waals surface area contributed by atoms with E-state index in [0.717, 1.165) is 0 Å². The van der Waals surface area contributed by atoms with Gasteiger partial charge in [0.05, 0.1) is 36.6 Å². The van der Waals surface area contributed by atoms with Crippen molar-refractivity contribution in [2.24, 2.45) is 0 Å². The Morgan fingerprint density at radius 2 is 1.95 bits per heavy atom. The van der Waals surface area contributed by atoms with Crippen LogP contribution >= 0.6 is 0 Å². The smallest absolute Gasteiger partial charge is 0.377 e. The number of halogens is 4. The number of anilines is 1. The van der Waals surface area contributed by atoms with Crippen LogP contribution in [0, 0.1) is 12.7 Å². The van der Waals surface area contributed by atoms with Crippen LogP contribution in [0.15, 0.2) is 30.5 Å². The molecular formula is C27H77F4N7O. The van der Waals surface area contributed by atoms with Crippen LogP contribution < -0.4 is 10.2 Å². The van der Waals surface area contributed by atoms with Gasteiger partial charge >= 0.3 is 6.18 Å². The van der Waals surface area contributed by atoms with E-state index in [-0.39, 0.29) is 30.6 Å². The topological polar surface area (TPSA) is 83.9 Å². The van der Waals surface area contributed by atoms with Gasteiger partial charge in [-0.25, -0.2) is 14.4 Å². The molecule has 0 bridgehead atoms. The largest absolute Gasteiger partial charge is 0.435 e. The summed E-state index contributed by atoms with van der Waals surface area (Å²) in [5, 5.41) is 8.02. The molecule has 2 N–H and O–H groups in total. The molecule has 6 rings (SSSR count). The molecule has 1 aromatic carbocycles. The number of aromatic amines is 1. The molecule has 0 aliphatic carbocycles. The SMILES string of the molecule is Cc1c(-c2cc(N3CCOC[C@H]3C)nc(-c3cc(F)cc4[nH]ccc34)n2)c(C(F)(F)F)nn1C1CCNCC1.[2HH].[2H][2H].[2H][2H].[2H][2H].[2H][2H].[2H][2H].[2H][2H].[2H][2H].[2H][2H].[2H][2H].[2H][2H].[2H][2H].[2H][2H].[2H][2H].[2H][2H].[2H][2H].[2H][2H].[2H][2H].[2H][2H].[2H][2H].[2H][2H].[2H][2H].[2H][2H].[2H][2H]. The van der Waals surface area contributed by atoms with Crippen molar-refractivity contribution < 1.29 is 92.0 Å². The lowest BCUT2D eigenvalue weighted by Gasteiger charge is -2.34. The Bertz CT molecular complexity index is 1590. The predicted molar refractivity (Wildman–Crippen MR) is 190 cm³/mol. The maximum Gasteiger partial charge on any atom is 0.435 e. The first-order chi connectivity index (χ1) is 41.7. The Labute approximate surface area is 294 Å². The lowest BCUT2D eigenvalue weighted by atomic mass is 10.0. The Morgan fingerprint density at radius 3 is 2.69 bits per heavy atom. The van der Waals surface area contributed by atoms with Gasteiger partial charge in [-0.3, -0.25) is 4.68 Å². The Morgan fingerprint density at radius 1 is 1.15 bits per heavy atom. The third kappa shape index (κ3) is 4.76. The van der Waals surface area contributed by atoms with Gasteiger partial charge in [0.2, 0.25) is 0 Å². The quantitative estimate of drug-likeness (QED) is 0.216. The van der Waals surface area contributed by atoms with Crippen molar-refractivity contribution in [3.8, 4) is 22.6 Å². The van der Waals surface area contributed by atoms with Crippen molar-refractivity contribution in [1.29, 1.82) is 0 Å². The van der Waals surface area contributed by atoms with Crippen LogP contribution in [0.4, 0.5) is 23.4 Å². The van der Waals surface area contributed by atoms with Crippen molar-refractivity contribution in [2.45, 2.75) is 44.9 Å². The molecule has 0 saturated carbocycles. The van der Waals surface area contributed by atoms with Crippen molar-refractivity contribution in [3.05, 3.63) is 47.7 Å². The summed E-state index contributed by atoms with van der Waals surface area (Å²) in [4.78, 5) is 14.4. The fraction of sp³-hybridized carbons (Fsp3) is 0.444. The number of morpholine rings is 1. The summed E-state index contributed by atoms with van der Waals surface area (Å²) >= 11 is 0. The van der Waals surface area contributed by atoms with Gasteiger partial charge in [-0.15, -0.1) is 0 Å². The van der Waals surface area contributed by atoms with E-state index in [9.17, 15) is 17.6 Å². The normalized spacial score (nSPS) is 23.9.